The topological polar surface area (TPSA) is 94.2 Å². The lowest BCUT2D eigenvalue weighted by atomic mass is 10.1. The van der Waals surface area contributed by atoms with Crippen LogP contribution in [0.1, 0.15) is 17.5 Å². The quantitative estimate of drug-likeness (QED) is 0.685. The van der Waals surface area contributed by atoms with Crippen molar-refractivity contribution in [3.8, 4) is 11.5 Å². The van der Waals surface area contributed by atoms with Gasteiger partial charge >= 0.3 is 5.97 Å². The second-order valence-electron chi connectivity index (χ2n) is 7.37. The number of hydrogen-bond donors (Lipinski definition) is 1. The fourth-order valence-corrected chi connectivity index (χ4v) is 3.67. The Bertz CT molecular complexity index is 983. The molecule has 0 saturated carbocycles. The number of aryl methyl sites for hydroxylation is 2. The van der Waals surface area contributed by atoms with Gasteiger partial charge in [-0.05, 0) is 37.1 Å². The number of rotatable bonds is 7. The number of para-hydroxylation sites is 1. The average molecular weight is 426 g/mol. The van der Waals surface area contributed by atoms with E-state index >= 15 is 0 Å². The van der Waals surface area contributed by atoms with Gasteiger partial charge in [0, 0.05) is 24.7 Å². The predicted molar refractivity (Wildman–Crippen MR) is 116 cm³/mol. The molecule has 2 aromatic rings. The van der Waals surface area contributed by atoms with E-state index in [-0.39, 0.29) is 18.9 Å². The molecule has 0 aliphatic carbocycles. The number of nitrogens with zero attached hydrogens (tertiary/aromatic N) is 1. The number of benzene rings is 2. The number of ether oxygens (including phenoxy) is 3. The minimum absolute atomic E-state index is 0.0535. The van der Waals surface area contributed by atoms with Crippen molar-refractivity contribution in [2.75, 3.05) is 37.6 Å². The monoisotopic (exact) mass is 426 g/mol. The lowest BCUT2D eigenvalue weighted by Gasteiger charge is -2.21. The SMILES string of the molecule is COc1ccc(OC)c(NC(=O)COC(=O)[C@@H]2CC(=O)N(c3c(C)cccc3C)C2)c1. The van der Waals surface area contributed by atoms with E-state index in [1.165, 1.54) is 14.2 Å². The summed E-state index contributed by atoms with van der Waals surface area (Å²) in [6, 6.07) is 10.8. The molecular weight excluding hydrogens is 400 g/mol. The number of carbonyl (C=O) groups is 3. The molecule has 8 heteroatoms. The molecule has 0 aromatic heterocycles. The van der Waals surface area contributed by atoms with Gasteiger partial charge < -0.3 is 24.4 Å². The molecule has 31 heavy (non-hydrogen) atoms. The lowest BCUT2D eigenvalue weighted by molar-refractivity contribution is -0.151. The first-order valence-electron chi connectivity index (χ1n) is 9.89. The molecule has 0 spiro atoms. The Morgan fingerprint density at radius 1 is 1.10 bits per heavy atom. The number of hydrogen-bond acceptors (Lipinski definition) is 6. The van der Waals surface area contributed by atoms with Crippen LogP contribution < -0.4 is 19.7 Å². The van der Waals surface area contributed by atoms with Crippen LogP contribution in [0.4, 0.5) is 11.4 Å². The van der Waals surface area contributed by atoms with Crippen molar-refractivity contribution in [3.63, 3.8) is 0 Å². The molecule has 3 rings (SSSR count). The highest BCUT2D eigenvalue weighted by Crippen LogP contribution is 2.31. The van der Waals surface area contributed by atoms with E-state index in [4.69, 9.17) is 14.2 Å². The van der Waals surface area contributed by atoms with Crippen molar-refractivity contribution in [2.24, 2.45) is 5.92 Å². The van der Waals surface area contributed by atoms with E-state index in [0.29, 0.717) is 17.2 Å². The Balaban J connectivity index is 1.59. The Morgan fingerprint density at radius 3 is 2.45 bits per heavy atom. The standard InChI is InChI=1S/C23H26N2O6/c1-14-6-5-7-15(2)22(14)25-12-16(10-21(25)27)23(28)31-13-20(26)24-18-11-17(29-3)8-9-19(18)30-4/h5-9,11,16H,10,12-13H2,1-4H3,(H,24,26)/t16-/m1/s1. The minimum Gasteiger partial charge on any atom is -0.497 e. The molecule has 2 aromatic carbocycles. The van der Waals surface area contributed by atoms with Gasteiger partial charge in [0.25, 0.3) is 5.91 Å². The first-order valence-corrected chi connectivity index (χ1v) is 9.89. The van der Waals surface area contributed by atoms with E-state index in [0.717, 1.165) is 16.8 Å². The molecule has 1 fully saturated rings. The zero-order valence-electron chi connectivity index (χ0n) is 18.1. The van der Waals surface area contributed by atoms with Gasteiger partial charge in [-0.2, -0.15) is 0 Å². The number of nitrogens with one attached hydrogen (secondary N) is 1. The number of carbonyl (C=O) groups excluding carboxylic acids is 3. The third-order valence-corrected chi connectivity index (χ3v) is 5.19. The zero-order valence-corrected chi connectivity index (χ0v) is 18.1. The maximum atomic E-state index is 12.5. The molecular formula is C23H26N2O6. The number of esters is 1. The van der Waals surface area contributed by atoms with Gasteiger partial charge in [-0.25, -0.2) is 0 Å². The van der Waals surface area contributed by atoms with Crippen molar-refractivity contribution >= 4 is 29.2 Å². The molecule has 1 atom stereocenters. The summed E-state index contributed by atoms with van der Waals surface area (Å²) < 4.78 is 15.5. The van der Waals surface area contributed by atoms with Gasteiger partial charge in [0.05, 0.1) is 25.8 Å². The molecule has 1 N–H and O–H groups in total. The maximum Gasteiger partial charge on any atom is 0.311 e. The first-order chi connectivity index (χ1) is 14.8. The summed E-state index contributed by atoms with van der Waals surface area (Å²) in [6.07, 6.45) is 0.0535. The number of methoxy groups -OCH3 is 2. The van der Waals surface area contributed by atoms with Crippen LogP contribution in [0.5, 0.6) is 11.5 Å². The van der Waals surface area contributed by atoms with Crippen molar-refractivity contribution in [3.05, 3.63) is 47.5 Å². The van der Waals surface area contributed by atoms with Gasteiger partial charge in [0.15, 0.2) is 6.61 Å². The summed E-state index contributed by atoms with van der Waals surface area (Å²) >= 11 is 0. The molecule has 0 unspecified atom stereocenters. The predicted octanol–water partition coefficient (Wildman–Crippen LogP) is 2.86. The largest absolute Gasteiger partial charge is 0.497 e. The first kappa shape index (κ1) is 22.1. The molecule has 2 amide bonds. The zero-order chi connectivity index (χ0) is 22.5. The van der Waals surface area contributed by atoms with E-state index in [1.807, 2.05) is 32.0 Å². The van der Waals surface area contributed by atoms with Gasteiger partial charge in [-0.1, -0.05) is 18.2 Å². The normalized spacial score (nSPS) is 15.5. The third-order valence-electron chi connectivity index (χ3n) is 5.19. The van der Waals surface area contributed by atoms with Gasteiger partial charge in [0.1, 0.15) is 11.5 Å². The van der Waals surface area contributed by atoms with Crippen LogP contribution in [-0.2, 0) is 19.1 Å². The van der Waals surface area contributed by atoms with Gasteiger partial charge in [0.2, 0.25) is 5.91 Å². The molecule has 1 saturated heterocycles. The van der Waals surface area contributed by atoms with E-state index < -0.39 is 24.4 Å². The summed E-state index contributed by atoms with van der Waals surface area (Å²) in [5.74, 6) is -0.850. The van der Waals surface area contributed by atoms with E-state index in [1.54, 1.807) is 23.1 Å². The van der Waals surface area contributed by atoms with Crippen molar-refractivity contribution in [1.82, 2.24) is 0 Å². The lowest BCUT2D eigenvalue weighted by Crippen LogP contribution is -2.29. The average Bonchev–Trinajstić information content (AvgIpc) is 3.13. The summed E-state index contributed by atoms with van der Waals surface area (Å²) in [5.41, 5.74) is 3.16. The molecule has 0 bridgehead atoms. The molecule has 0 radical (unpaired) electrons. The molecule has 1 aliphatic heterocycles. The second-order valence-corrected chi connectivity index (χ2v) is 7.37. The van der Waals surface area contributed by atoms with Crippen LogP contribution in [0.3, 0.4) is 0 Å². The fraction of sp³-hybridized carbons (Fsp3) is 0.348. The van der Waals surface area contributed by atoms with E-state index in [2.05, 4.69) is 5.32 Å². The van der Waals surface area contributed by atoms with E-state index in [9.17, 15) is 14.4 Å². The fourth-order valence-electron chi connectivity index (χ4n) is 3.67. The highest BCUT2D eigenvalue weighted by molar-refractivity contribution is 6.01. The summed E-state index contributed by atoms with van der Waals surface area (Å²) in [6.45, 7) is 3.62. The van der Waals surface area contributed by atoms with Gasteiger partial charge in [-0.3, -0.25) is 14.4 Å². The minimum atomic E-state index is -0.620. The highest BCUT2D eigenvalue weighted by atomic mass is 16.5. The van der Waals surface area contributed by atoms with Crippen LogP contribution in [0.15, 0.2) is 36.4 Å². The maximum absolute atomic E-state index is 12.5. The van der Waals surface area contributed by atoms with Crippen LogP contribution >= 0.6 is 0 Å². The molecule has 8 nitrogen and oxygen atoms in total. The summed E-state index contributed by atoms with van der Waals surface area (Å²) in [5, 5.41) is 2.64. The Labute approximate surface area is 181 Å². The van der Waals surface area contributed by atoms with Crippen molar-refractivity contribution < 1.29 is 28.6 Å². The molecule has 1 heterocycles. The highest BCUT2D eigenvalue weighted by Gasteiger charge is 2.37. The van der Waals surface area contributed by atoms with Gasteiger partial charge in [-0.15, -0.1) is 0 Å². The Hall–Kier alpha value is -3.55. The molecule has 164 valence electrons. The second kappa shape index (κ2) is 9.51. The number of anilines is 2. The van der Waals surface area contributed by atoms with Crippen LogP contribution in [0.25, 0.3) is 0 Å². The Kier molecular flexibility index (Phi) is 6.79. The number of amides is 2. The van der Waals surface area contributed by atoms with Crippen LogP contribution in [-0.4, -0.2) is 45.2 Å². The smallest absolute Gasteiger partial charge is 0.311 e. The summed E-state index contributed by atoms with van der Waals surface area (Å²) in [4.78, 5) is 38.9. The van der Waals surface area contributed by atoms with Crippen LogP contribution in [0, 0.1) is 19.8 Å². The Morgan fingerprint density at radius 2 is 1.81 bits per heavy atom. The molecule has 1 aliphatic rings. The summed E-state index contributed by atoms with van der Waals surface area (Å²) in [7, 11) is 3.00. The van der Waals surface area contributed by atoms with Crippen LogP contribution in [0.2, 0.25) is 0 Å². The van der Waals surface area contributed by atoms with Crippen molar-refractivity contribution in [2.45, 2.75) is 20.3 Å². The van der Waals surface area contributed by atoms with Crippen molar-refractivity contribution in [1.29, 1.82) is 0 Å². The third kappa shape index (κ3) is 4.96.